The summed E-state index contributed by atoms with van der Waals surface area (Å²) in [6.07, 6.45) is 1.54. The van der Waals surface area contributed by atoms with Crippen LogP contribution in [0.15, 0.2) is 88.6 Å². The van der Waals surface area contributed by atoms with Gasteiger partial charge in [0.1, 0.15) is 0 Å². The van der Waals surface area contributed by atoms with Crippen LogP contribution in [0.3, 0.4) is 0 Å². The Hall–Kier alpha value is -3.00. The van der Waals surface area contributed by atoms with Gasteiger partial charge in [-0.2, -0.15) is 0 Å². The van der Waals surface area contributed by atoms with Gasteiger partial charge in [-0.1, -0.05) is 88.0 Å². The van der Waals surface area contributed by atoms with Crippen LogP contribution >= 0.6 is 0 Å². The molecule has 7 heteroatoms. The number of aromatic nitrogens is 2. The Morgan fingerprint density at radius 2 is 1.53 bits per heavy atom. The predicted molar refractivity (Wildman–Crippen MR) is 140 cm³/mol. The van der Waals surface area contributed by atoms with Gasteiger partial charge in [0.2, 0.25) is 0 Å². The number of ether oxygens (including phenoxy) is 1. The van der Waals surface area contributed by atoms with E-state index in [1.54, 1.807) is 13.1 Å². The minimum Gasteiger partial charge on any atom is -0.405 e. The molecule has 6 nitrogen and oxygen atoms in total. The van der Waals surface area contributed by atoms with Crippen molar-refractivity contribution in [2.45, 2.75) is 39.3 Å². The second-order valence-corrected chi connectivity index (χ2v) is 13.8. The summed E-state index contributed by atoms with van der Waals surface area (Å²) in [7, 11) is -2.59. The Bertz CT molecular complexity index is 1170. The molecule has 1 N–H and O–H groups in total. The van der Waals surface area contributed by atoms with Crippen LogP contribution in [0.1, 0.15) is 26.3 Å². The summed E-state index contributed by atoms with van der Waals surface area (Å²) in [5, 5.41) is 2.36. The number of nitrogens with zero attached hydrogens (tertiary/aromatic N) is 1. The van der Waals surface area contributed by atoms with Crippen molar-refractivity contribution in [1.82, 2.24) is 9.55 Å². The summed E-state index contributed by atoms with van der Waals surface area (Å²) in [6, 6.07) is 21.0. The predicted octanol–water partition coefficient (Wildman–Crippen LogP) is 2.99. The third kappa shape index (κ3) is 5.73. The van der Waals surface area contributed by atoms with E-state index in [4.69, 9.17) is 9.16 Å². The van der Waals surface area contributed by atoms with Gasteiger partial charge in [0.15, 0.2) is 0 Å². The van der Waals surface area contributed by atoms with Crippen molar-refractivity contribution in [3.05, 3.63) is 105 Å². The molecule has 0 amide bonds. The zero-order valence-electron chi connectivity index (χ0n) is 20.5. The van der Waals surface area contributed by atoms with Crippen molar-refractivity contribution in [3.63, 3.8) is 0 Å². The van der Waals surface area contributed by atoms with Gasteiger partial charge in [0.25, 0.3) is 13.9 Å². The van der Waals surface area contributed by atoms with Gasteiger partial charge in [-0.15, -0.1) is 0 Å². The number of aryl methyl sites for hydroxylation is 1. The van der Waals surface area contributed by atoms with E-state index in [9.17, 15) is 9.59 Å². The van der Waals surface area contributed by atoms with Crippen molar-refractivity contribution in [1.29, 1.82) is 0 Å². The molecule has 3 rings (SSSR count). The van der Waals surface area contributed by atoms with Gasteiger partial charge in [-0.3, -0.25) is 14.3 Å². The molecule has 0 aliphatic carbocycles. The fourth-order valence-corrected chi connectivity index (χ4v) is 8.80. The van der Waals surface area contributed by atoms with Crippen molar-refractivity contribution in [3.8, 4) is 0 Å². The highest BCUT2D eigenvalue weighted by Crippen LogP contribution is 2.36. The maximum atomic E-state index is 12.0. The van der Waals surface area contributed by atoms with Gasteiger partial charge in [0.05, 0.1) is 19.8 Å². The minimum absolute atomic E-state index is 0.0947. The van der Waals surface area contributed by atoms with Gasteiger partial charge in [-0.05, 0) is 27.9 Å². The zero-order chi connectivity index (χ0) is 24.8. The Balaban J connectivity index is 1.68. The summed E-state index contributed by atoms with van der Waals surface area (Å²) in [5.74, 6) is 0. The van der Waals surface area contributed by atoms with E-state index >= 15 is 0 Å². The van der Waals surface area contributed by atoms with Crippen LogP contribution in [0, 0.1) is 6.92 Å². The van der Waals surface area contributed by atoms with Crippen LogP contribution in [0.25, 0.3) is 0 Å². The summed E-state index contributed by atoms with van der Waals surface area (Å²) in [4.78, 5) is 25.8. The summed E-state index contributed by atoms with van der Waals surface area (Å²) >= 11 is 0. The molecule has 0 aliphatic heterocycles. The molecule has 0 aliphatic rings. The number of hydrogen-bond acceptors (Lipinski definition) is 4. The fraction of sp³-hybridized carbons (Fsp3) is 0.333. The molecule has 0 saturated heterocycles. The number of aromatic amines is 1. The molecule has 0 radical (unpaired) electrons. The SMILES string of the molecule is C=C(COCCO[Si](c1ccccc1)(c1ccccc1)C(C)(C)C)Cn1cc(C)c(=O)[nH]c1=O. The second-order valence-electron chi connectivity index (χ2n) is 9.51. The topological polar surface area (TPSA) is 73.3 Å². The maximum Gasteiger partial charge on any atom is 0.328 e. The molecule has 0 bridgehead atoms. The lowest BCUT2D eigenvalue weighted by Crippen LogP contribution is -2.66. The van der Waals surface area contributed by atoms with Crippen LogP contribution in [-0.2, 0) is 15.7 Å². The number of rotatable bonds is 10. The zero-order valence-corrected chi connectivity index (χ0v) is 21.5. The molecule has 1 aromatic heterocycles. The lowest BCUT2D eigenvalue weighted by Gasteiger charge is -2.43. The summed E-state index contributed by atoms with van der Waals surface area (Å²) < 4.78 is 14.1. The molecule has 0 atom stereocenters. The number of H-pyrrole nitrogens is 1. The Labute approximate surface area is 202 Å². The van der Waals surface area contributed by atoms with Gasteiger partial charge < -0.3 is 9.16 Å². The van der Waals surface area contributed by atoms with E-state index in [0.29, 0.717) is 25.4 Å². The Morgan fingerprint density at radius 1 is 0.971 bits per heavy atom. The van der Waals surface area contributed by atoms with E-state index < -0.39 is 14.0 Å². The Kier molecular flexibility index (Phi) is 8.25. The molecule has 0 unspecified atom stereocenters. The maximum absolute atomic E-state index is 12.0. The average molecular weight is 479 g/mol. The lowest BCUT2D eigenvalue weighted by molar-refractivity contribution is 0.111. The van der Waals surface area contributed by atoms with Crippen LogP contribution in [0.4, 0.5) is 0 Å². The van der Waals surface area contributed by atoms with Crippen LogP contribution < -0.4 is 21.6 Å². The molecular formula is C27H34N2O4Si. The average Bonchev–Trinajstić information content (AvgIpc) is 2.80. The molecule has 3 aromatic rings. The summed E-state index contributed by atoms with van der Waals surface area (Å²) in [5.41, 5.74) is 0.390. The van der Waals surface area contributed by atoms with E-state index in [-0.39, 0.29) is 17.1 Å². The molecule has 0 fully saturated rings. The van der Waals surface area contributed by atoms with Crippen molar-refractivity contribution < 1.29 is 9.16 Å². The lowest BCUT2D eigenvalue weighted by atomic mass is 10.2. The van der Waals surface area contributed by atoms with Crippen LogP contribution in [0.5, 0.6) is 0 Å². The minimum atomic E-state index is -2.59. The first kappa shape index (κ1) is 25.6. The number of hydrogen-bond donors (Lipinski definition) is 1. The van der Waals surface area contributed by atoms with E-state index in [0.717, 1.165) is 5.57 Å². The van der Waals surface area contributed by atoms with Gasteiger partial charge >= 0.3 is 5.69 Å². The third-order valence-corrected chi connectivity index (χ3v) is 10.9. The third-order valence-electron chi connectivity index (χ3n) is 5.85. The first-order chi connectivity index (χ1) is 16.1. The molecule has 180 valence electrons. The van der Waals surface area contributed by atoms with Crippen molar-refractivity contribution in [2.75, 3.05) is 19.8 Å². The summed E-state index contributed by atoms with van der Waals surface area (Å²) in [6.45, 7) is 13.8. The smallest absolute Gasteiger partial charge is 0.328 e. The normalized spacial score (nSPS) is 12.0. The number of benzene rings is 2. The second kappa shape index (κ2) is 10.9. The quantitative estimate of drug-likeness (QED) is 0.276. The largest absolute Gasteiger partial charge is 0.405 e. The van der Waals surface area contributed by atoms with E-state index in [2.05, 4.69) is 80.9 Å². The Morgan fingerprint density at radius 3 is 2.06 bits per heavy atom. The molecule has 0 spiro atoms. The van der Waals surface area contributed by atoms with E-state index in [1.165, 1.54) is 14.9 Å². The van der Waals surface area contributed by atoms with Gasteiger partial charge in [0, 0.05) is 18.3 Å². The van der Waals surface area contributed by atoms with Gasteiger partial charge in [-0.25, -0.2) is 4.79 Å². The highest BCUT2D eigenvalue weighted by Gasteiger charge is 2.49. The fourth-order valence-electron chi connectivity index (χ4n) is 4.25. The first-order valence-corrected chi connectivity index (χ1v) is 13.4. The molecular weight excluding hydrogens is 444 g/mol. The van der Waals surface area contributed by atoms with E-state index in [1.807, 2.05) is 12.1 Å². The molecule has 0 saturated carbocycles. The monoisotopic (exact) mass is 478 g/mol. The van der Waals surface area contributed by atoms with Crippen LogP contribution in [0.2, 0.25) is 5.04 Å². The number of nitrogens with one attached hydrogen (secondary N) is 1. The molecule has 1 heterocycles. The molecule has 34 heavy (non-hydrogen) atoms. The van der Waals surface area contributed by atoms with Crippen LogP contribution in [-0.4, -0.2) is 37.7 Å². The highest BCUT2D eigenvalue weighted by atomic mass is 28.4. The van der Waals surface area contributed by atoms with Crippen molar-refractivity contribution in [2.24, 2.45) is 0 Å². The highest BCUT2D eigenvalue weighted by molar-refractivity contribution is 6.99. The molecule has 2 aromatic carbocycles. The standard InChI is InChI=1S/C27H34N2O4Si/c1-21(18-29-19-22(2)25(30)28-26(29)31)20-32-16-17-33-34(27(3,4)5,23-12-8-6-9-13-23)24-14-10-7-11-15-24/h6-15,19H,1,16-18,20H2,2-5H3,(H,28,30,31). The first-order valence-electron chi connectivity index (χ1n) is 11.4. The van der Waals surface area contributed by atoms with Crippen molar-refractivity contribution >= 4 is 18.7 Å².